The average molecular weight is 176 g/mol. The highest BCUT2D eigenvalue weighted by atomic mass is 19.1. The van der Waals surface area contributed by atoms with Crippen molar-refractivity contribution in [3.63, 3.8) is 0 Å². The van der Waals surface area contributed by atoms with Crippen LogP contribution in [0.4, 0.5) is 4.39 Å². The average Bonchev–Trinajstić information content (AvgIpc) is 2.52. The number of hydrogen-bond acceptors (Lipinski definition) is 2. The zero-order valence-electron chi connectivity index (χ0n) is 7.04. The zero-order valence-corrected chi connectivity index (χ0v) is 7.04. The van der Waals surface area contributed by atoms with Crippen molar-refractivity contribution in [2.24, 2.45) is 0 Å². The molecule has 0 fully saturated rings. The fourth-order valence-electron chi connectivity index (χ4n) is 1.09. The fourth-order valence-corrected chi connectivity index (χ4v) is 1.09. The summed E-state index contributed by atoms with van der Waals surface area (Å²) in [5, 5.41) is 0. The Morgan fingerprint density at radius 2 is 2.38 bits per heavy atom. The summed E-state index contributed by atoms with van der Waals surface area (Å²) in [7, 11) is 0. The normalized spacial score (nSPS) is 10.3. The molecule has 1 aromatic heterocycles. The van der Waals surface area contributed by atoms with Gasteiger partial charge in [-0.3, -0.25) is 0 Å². The highest BCUT2D eigenvalue weighted by Crippen LogP contribution is 2.18. The summed E-state index contributed by atoms with van der Waals surface area (Å²) in [4.78, 5) is 4.07. The first-order chi connectivity index (χ1) is 6.25. The second-order valence-electron chi connectivity index (χ2n) is 2.68. The molecule has 0 atom stereocenters. The van der Waals surface area contributed by atoms with Gasteiger partial charge in [-0.2, -0.15) is 0 Å². The minimum absolute atomic E-state index is 0.391. The van der Waals surface area contributed by atoms with Gasteiger partial charge in [0, 0.05) is 18.6 Å². The van der Waals surface area contributed by atoms with Gasteiger partial charge < -0.3 is 4.42 Å². The van der Waals surface area contributed by atoms with E-state index >= 15 is 0 Å². The van der Waals surface area contributed by atoms with Gasteiger partial charge in [-0.1, -0.05) is 12.1 Å². The number of hydrogen-bond donors (Lipinski definition) is 0. The third kappa shape index (κ3) is 1.59. The molecule has 2 nitrogen and oxygen atoms in total. The number of benzene rings is 1. The van der Waals surface area contributed by atoms with Crippen molar-refractivity contribution in [1.82, 2.24) is 4.98 Å². The lowest BCUT2D eigenvalue weighted by Gasteiger charge is -1.93. The Balaban J connectivity index is 2.46. The first-order valence-electron chi connectivity index (χ1n) is 3.85. The topological polar surface area (TPSA) is 26.0 Å². The van der Waals surface area contributed by atoms with Gasteiger partial charge in [0.05, 0.1) is 0 Å². The number of rotatable bonds is 1. The van der Waals surface area contributed by atoms with Crippen LogP contribution in [0, 0.1) is 18.8 Å². The first-order valence-corrected chi connectivity index (χ1v) is 3.85. The molecule has 2 aromatic rings. The molecule has 13 heavy (non-hydrogen) atoms. The summed E-state index contributed by atoms with van der Waals surface area (Å²) in [6.45, 7) is 1.74. The molecular formula is C10H7FNO. The number of halogens is 1. The molecule has 2 rings (SSSR count). The molecule has 0 aliphatic rings. The summed E-state index contributed by atoms with van der Waals surface area (Å²) in [5.41, 5.74) is 1.35. The molecule has 0 N–H and O–H groups in total. The largest absolute Gasteiger partial charge is 0.449 e. The van der Waals surface area contributed by atoms with Crippen molar-refractivity contribution in [3.8, 4) is 11.3 Å². The standard InChI is InChI=1S/C10H7FNO/c1-7-12-10(6-13-7)8-3-2-4-9(11)5-8/h2-3,5-6H,1H3. The molecule has 1 radical (unpaired) electrons. The molecule has 3 heteroatoms. The van der Waals surface area contributed by atoms with E-state index in [-0.39, 0.29) is 0 Å². The minimum Gasteiger partial charge on any atom is -0.449 e. The lowest BCUT2D eigenvalue weighted by Crippen LogP contribution is -1.80. The highest BCUT2D eigenvalue weighted by molar-refractivity contribution is 5.57. The van der Waals surface area contributed by atoms with Crippen molar-refractivity contribution in [1.29, 1.82) is 0 Å². The molecule has 0 saturated carbocycles. The monoisotopic (exact) mass is 176 g/mol. The molecular weight excluding hydrogens is 169 g/mol. The van der Waals surface area contributed by atoms with Gasteiger partial charge in [0.25, 0.3) is 0 Å². The van der Waals surface area contributed by atoms with Crippen molar-refractivity contribution in [2.45, 2.75) is 6.92 Å². The Bertz CT molecular complexity index is 422. The molecule has 0 aliphatic heterocycles. The van der Waals surface area contributed by atoms with Crippen molar-refractivity contribution in [3.05, 3.63) is 42.2 Å². The van der Waals surface area contributed by atoms with E-state index in [0.29, 0.717) is 17.1 Å². The molecule has 0 bridgehead atoms. The van der Waals surface area contributed by atoms with E-state index < -0.39 is 5.82 Å². The van der Waals surface area contributed by atoms with Crippen LogP contribution in [-0.4, -0.2) is 4.98 Å². The van der Waals surface area contributed by atoms with Crippen molar-refractivity contribution >= 4 is 0 Å². The molecule has 1 heterocycles. The van der Waals surface area contributed by atoms with Crippen LogP contribution in [0.5, 0.6) is 0 Å². The Kier molecular flexibility index (Phi) is 1.85. The third-order valence-corrected chi connectivity index (χ3v) is 1.68. The van der Waals surface area contributed by atoms with E-state index in [0.717, 1.165) is 0 Å². The summed E-state index contributed by atoms with van der Waals surface area (Å²) < 4.78 is 17.8. The van der Waals surface area contributed by atoms with Crippen molar-refractivity contribution < 1.29 is 8.81 Å². The summed E-state index contributed by atoms with van der Waals surface area (Å²) in [6.07, 6.45) is 1.50. The predicted molar refractivity (Wildman–Crippen MR) is 45.5 cm³/mol. The second-order valence-corrected chi connectivity index (χ2v) is 2.68. The molecule has 0 amide bonds. The minimum atomic E-state index is -0.391. The van der Waals surface area contributed by atoms with Gasteiger partial charge in [-0.25, -0.2) is 9.37 Å². The summed E-state index contributed by atoms with van der Waals surface area (Å²) in [5.74, 6) is 0.182. The SMILES string of the molecule is Cc1nc(-c2cc[c]c(F)c2)co1. The van der Waals surface area contributed by atoms with Crippen LogP contribution in [0.1, 0.15) is 5.89 Å². The Morgan fingerprint density at radius 1 is 1.54 bits per heavy atom. The maximum absolute atomic E-state index is 12.7. The van der Waals surface area contributed by atoms with Crippen LogP contribution in [0.2, 0.25) is 0 Å². The van der Waals surface area contributed by atoms with E-state index in [1.165, 1.54) is 18.4 Å². The predicted octanol–water partition coefficient (Wildman–Crippen LogP) is 2.59. The van der Waals surface area contributed by atoms with Gasteiger partial charge in [0.1, 0.15) is 17.8 Å². The van der Waals surface area contributed by atoms with Crippen LogP contribution in [-0.2, 0) is 0 Å². The van der Waals surface area contributed by atoms with E-state index in [9.17, 15) is 4.39 Å². The Morgan fingerprint density at radius 3 is 3.00 bits per heavy atom. The lowest BCUT2D eigenvalue weighted by atomic mass is 10.2. The van der Waals surface area contributed by atoms with Gasteiger partial charge in [-0.05, 0) is 6.07 Å². The van der Waals surface area contributed by atoms with Crippen molar-refractivity contribution in [2.75, 3.05) is 0 Å². The number of aryl methyl sites for hydroxylation is 1. The Labute approximate surface area is 75.0 Å². The first kappa shape index (κ1) is 7.98. The summed E-state index contributed by atoms with van der Waals surface area (Å²) >= 11 is 0. The fraction of sp³-hybridized carbons (Fsp3) is 0.100. The van der Waals surface area contributed by atoms with Crippen LogP contribution in [0.3, 0.4) is 0 Å². The third-order valence-electron chi connectivity index (χ3n) is 1.68. The van der Waals surface area contributed by atoms with Gasteiger partial charge >= 0.3 is 0 Å². The molecule has 0 spiro atoms. The molecule has 1 aromatic carbocycles. The van der Waals surface area contributed by atoms with Gasteiger partial charge in [0.15, 0.2) is 5.89 Å². The zero-order chi connectivity index (χ0) is 9.26. The maximum atomic E-state index is 12.7. The smallest absolute Gasteiger partial charge is 0.191 e. The van der Waals surface area contributed by atoms with E-state index in [4.69, 9.17) is 4.42 Å². The van der Waals surface area contributed by atoms with Crippen LogP contribution in [0.25, 0.3) is 11.3 Å². The summed E-state index contributed by atoms with van der Waals surface area (Å²) in [6, 6.07) is 7.05. The number of oxazole rings is 1. The quantitative estimate of drug-likeness (QED) is 0.667. The number of aromatic nitrogens is 1. The lowest BCUT2D eigenvalue weighted by molar-refractivity contribution is 0.521. The van der Waals surface area contributed by atoms with Crippen LogP contribution < -0.4 is 0 Å². The molecule has 0 saturated heterocycles. The van der Waals surface area contributed by atoms with E-state index in [2.05, 4.69) is 11.1 Å². The van der Waals surface area contributed by atoms with Gasteiger partial charge in [0.2, 0.25) is 0 Å². The molecule has 65 valence electrons. The van der Waals surface area contributed by atoms with Gasteiger partial charge in [-0.15, -0.1) is 0 Å². The highest BCUT2D eigenvalue weighted by Gasteiger charge is 2.03. The maximum Gasteiger partial charge on any atom is 0.191 e. The van der Waals surface area contributed by atoms with Crippen LogP contribution in [0.15, 0.2) is 28.9 Å². The molecule has 0 aliphatic carbocycles. The second kappa shape index (κ2) is 3.01. The number of nitrogens with zero attached hydrogens (tertiary/aromatic N) is 1. The van der Waals surface area contributed by atoms with E-state index in [1.807, 2.05) is 0 Å². The Hall–Kier alpha value is -1.64. The molecule has 0 unspecified atom stereocenters. The van der Waals surface area contributed by atoms with E-state index in [1.54, 1.807) is 13.0 Å². The van der Waals surface area contributed by atoms with Crippen LogP contribution >= 0.6 is 0 Å².